The van der Waals surface area contributed by atoms with Crippen LogP contribution in [0, 0.1) is 12.3 Å². The van der Waals surface area contributed by atoms with E-state index in [9.17, 15) is 0 Å². The number of hydrogen-bond acceptors (Lipinski definition) is 1. The minimum atomic E-state index is 0. The Balaban J connectivity index is 0.000000980. The molecule has 2 rings (SSSR count). The van der Waals surface area contributed by atoms with Crippen LogP contribution in [0.3, 0.4) is 0 Å². The van der Waals surface area contributed by atoms with Crippen LogP contribution in [-0.2, 0) is 12.8 Å². The molecule has 1 aromatic carbocycles. The van der Waals surface area contributed by atoms with Crippen LogP contribution in [-0.4, -0.2) is 0 Å². The van der Waals surface area contributed by atoms with Gasteiger partial charge in [0.05, 0.1) is 0 Å². The fourth-order valence-electron chi connectivity index (χ4n) is 1.93. The first-order chi connectivity index (χ1) is 6.31. The molecule has 0 radical (unpaired) electrons. The Morgan fingerprint density at radius 3 is 3.00 bits per heavy atom. The molecule has 0 amide bonds. The lowest BCUT2D eigenvalue weighted by Crippen LogP contribution is -2.04. The van der Waals surface area contributed by atoms with Gasteiger partial charge in [0.1, 0.15) is 0 Å². The lowest BCUT2D eigenvalue weighted by Gasteiger charge is -2.05. The normalized spacial score (nSPS) is 18.1. The average molecular weight is 208 g/mol. The molecule has 74 valence electrons. The van der Waals surface area contributed by atoms with Crippen LogP contribution in [0.1, 0.15) is 29.2 Å². The van der Waals surface area contributed by atoms with Gasteiger partial charge in [-0.05, 0) is 29.5 Å². The van der Waals surface area contributed by atoms with Crippen molar-refractivity contribution in [3.8, 4) is 12.3 Å². The smallest absolute Gasteiger partial charge is 0.0337 e. The summed E-state index contributed by atoms with van der Waals surface area (Å²) in [5, 5.41) is 0. The van der Waals surface area contributed by atoms with Crippen LogP contribution in [0.5, 0.6) is 0 Å². The average Bonchev–Trinajstić information content (AvgIpc) is 2.48. The van der Waals surface area contributed by atoms with Gasteiger partial charge in [-0.15, -0.1) is 24.8 Å². The Morgan fingerprint density at radius 2 is 2.29 bits per heavy atom. The van der Waals surface area contributed by atoms with E-state index in [1.54, 1.807) is 0 Å². The molecule has 1 aliphatic rings. The van der Waals surface area contributed by atoms with Crippen molar-refractivity contribution in [1.29, 1.82) is 0 Å². The maximum Gasteiger partial charge on any atom is 0.0337 e. The van der Waals surface area contributed by atoms with Gasteiger partial charge >= 0.3 is 0 Å². The van der Waals surface area contributed by atoms with E-state index in [1.807, 2.05) is 0 Å². The van der Waals surface area contributed by atoms with Gasteiger partial charge in [-0.1, -0.05) is 18.2 Å². The lowest BCUT2D eigenvalue weighted by molar-refractivity contribution is 0.713. The molecule has 1 aliphatic carbocycles. The molecule has 2 heteroatoms. The molecule has 1 unspecified atom stereocenters. The second-order valence-electron chi connectivity index (χ2n) is 3.56. The van der Waals surface area contributed by atoms with Crippen LogP contribution >= 0.6 is 12.4 Å². The van der Waals surface area contributed by atoms with Gasteiger partial charge in [-0.2, -0.15) is 0 Å². The third-order valence-corrected chi connectivity index (χ3v) is 2.64. The number of fused-ring (bicyclic) bond motifs is 1. The van der Waals surface area contributed by atoms with E-state index in [0.29, 0.717) is 0 Å². The van der Waals surface area contributed by atoms with Crippen molar-refractivity contribution >= 4 is 12.4 Å². The Hall–Kier alpha value is -0.970. The molecule has 0 spiro atoms. The highest BCUT2D eigenvalue weighted by Gasteiger charge is 2.18. The highest BCUT2D eigenvalue weighted by atomic mass is 35.5. The highest BCUT2D eigenvalue weighted by Crippen LogP contribution is 2.29. The van der Waals surface area contributed by atoms with Gasteiger partial charge in [0.25, 0.3) is 0 Å². The predicted octanol–water partition coefficient (Wildman–Crippen LogP) is 2.23. The zero-order valence-corrected chi connectivity index (χ0v) is 8.81. The molecule has 0 fully saturated rings. The maximum absolute atomic E-state index is 5.93. The molecule has 1 atom stereocenters. The third-order valence-electron chi connectivity index (χ3n) is 2.64. The molecule has 0 bridgehead atoms. The minimum Gasteiger partial charge on any atom is -0.324 e. The van der Waals surface area contributed by atoms with Gasteiger partial charge in [0, 0.05) is 12.5 Å². The minimum absolute atomic E-state index is 0. The Bertz CT molecular complexity index is 365. The van der Waals surface area contributed by atoms with Crippen molar-refractivity contribution in [2.45, 2.75) is 25.3 Å². The van der Waals surface area contributed by atoms with Gasteiger partial charge in [-0.3, -0.25) is 0 Å². The lowest BCUT2D eigenvalue weighted by atomic mass is 10.0. The van der Waals surface area contributed by atoms with Crippen molar-refractivity contribution in [2.24, 2.45) is 5.73 Å². The highest BCUT2D eigenvalue weighted by molar-refractivity contribution is 5.85. The molecule has 0 heterocycles. The first-order valence-corrected chi connectivity index (χ1v) is 4.62. The van der Waals surface area contributed by atoms with Gasteiger partial charge in [-0.25, -0.2) is 0 Å². The van der Waals surface area contributed by atoms with E-state index in [0.717, 1.165) is 19.3 Å². The van der Waals surface area contributed by atoms with E-state index < -0.39 is 0 Å². The summed E-state index contributed by atoms with van der Waals surface area (Å²) in [6.45, 7) is 0. The third kappa shape index (κ3) is 1.92. The molecular weight excluding hydrogens is 194 g/mol. The van der Waals surface area contributed by atoms with Crippen LogP contribution in [0.4, 0.5) is 0 Å². The van der Waals surface area contributed by atoms with Crippen molar-refractivity contribution in [3.63, 3.8) is 0 Å². The van der Waals surface area contributed by atoms with E-state index in [4.69, 9.17) is 12.2 Å². The largest absolute Gasteiger partial charge is 0.324 e. The van der Waals surface area contributed by atoms with Crippen molar-refractivity contribution in [1.82, 2.24) is 0 Å². The van der Waals surface area contributed by atoms with Crippen LogP contribution in [0.15, 0.2) is 18.2 Å². The van der Waals surface area contributed by atoms with Crippen molar-refractivity contribution in [3.05, 3.63) is 34.9 Å². The number of terminal acetylenes is 1. The van der Waals surface area contributed by atoms with Crippen LogP contribution in [0.25, 0.3) is 0 Å². The molecule has 14 heavy (non-hydrogen) atoms. The van der Waals surface area contributed by atoms with Crippen molar-refractivity contribution < 1.29 is 0 Å². The number of rotatable bonds is 1. The van der Waals surface area contributed by atoms with E-state index >= 15 is 0 Å². The van der Waals surface area contributed by atoms with Crippen LogP contribution < -0.4 is 5.73 Å². The standard InChI is InChI=1S/C12H13N.ClH/c1-2-3-9-4-6-11-10(8-9)5-7-12(11)13;/h1,4,6,8,12H,3,5,7,13H2;1H. The zero-order chi connectivity index (χ0) is 9.26. The summed E-state index contributed by atoms with van der Waals surface area (Å²) in [6.07, 6.45) is 8.17. The number of nitrogens with two attached hydrogens (primary N) is 1. The quantitative estimate of drug-likeness (QED) is 0.703. The number of halogens is 1. The topological polar surface area (TPSA) is 26.0 Å². The summed E-state index contributed by atoms with van der Waals surface area (Å²) in [5.74, 6) is 2.66. The molecule has 1 aromatic rings. The van der Waals surface area contributed by atoms with Gasteiger partial charge in [0.15, 0.2) is 0 Å². The summed E-state index contributed by atoms with van der Waals surface area (Å²) in [4.78, 5) is 0. The Kier molecular flexibility index (Phi) is 3.57. The monoisotopic (exact) mass is 207 g/mol. The molecule has 0 saturated carbocycles. The SMILES string of the molecule is C#CCc1ccc2c(c1)CCC2N.Cl. The molecule has 1 nitrogen and oxygen atoms in total. The predicted molar refractivity (Wildman–Crippen MR) is 61.5 cm³/mol. The van der Waals surface area contributed by atoms with Crippen molar-refractivity contribution in [2.75, 3.05) is 0 Å². The van der Waals surface area contributed by atoms with Crippen LogP contribution in [0.2, 0.25) is 0 Å². The second-order valence-corrected chi connectivity index (χ2v) is 3.56. The number of benzene rings is 1. The molecule has 0 aromatic heterocycles. The summed E-state index contributed by atoms with van der Waals surface area (Å²) in [6, 6.07) is 6.65. The fraction of sp³-hybridized carbons (Fsp3) is 0.333. The molecular formula is C12H14ClN. The first-order valence-electron chi connectivity index (χ1n) is 4.62. The molecule has 2 N–H and O–H groups in total. The Morgan fingerprint density at radius 1 is 1.50 bits per heavy atom. The fourth-order valence-corrected chi connectivity index (χ4v) is 1.93. The van der Waals surface area contributed by atoms with E-state index in [1.165, 1.54) is 16.7 Å². The first kappa shape index (κ1) is 11.1. The Labute approximate surface area is 91.1 Å². The summed E-state index contributed by atoms with van der Waals surface area (Å²) >= 11 is 0. The summed E-state index contributed by atoms with van der Waals surface area (Å²) in [5.41, 5.74) is 9.86. The molecule has 0 saturated heterocycles. The maximum atomic E-state index is 5.93. The van der Waals surface area contributed by atoms with Gasteiger partial charge in [0.2, 0.25) is 0 Å². The summed E-state index contributed by atoms with van der Waals surface area (Å²) in [7, 11) is 0. The zero-order valence-electron chi connectivity index (χ0n) is 7.99. The number of hydrogen-bond donors (Lipinski definition) is 1. The van der Waals surface area contributed by atoms with E-state index in [-0.39, 0.29) is 18.4 Å². The second kappa shape index (κ2) is 4.50. The summed E-state index contributed by atoms with van der Waals surface area (Å²) < 4.78 is 0. The van der Waals surface area contributed by atoms with E-state index in [2.05, 4.69) is 24.1 Å². The van der Waals surface area contributed by atoms with Gasteiger partial charge < -0.3 is 5.73 Å². The number of aryl methyl sites for hydroxylation is 1. The molecule has 0 aliphatic heterocycles.